The summed E-state index contributed by atoms with van der Waals surface area (Å²) in [6, 6.07) is 34.2. The van der Waals surface area contributed by atoms with Crippen molar-refractivity contribution in [2.24, 2.45) is 0 Å². The van der Waals surface area contributed by atoms with Crippen molar-refractivity contribution >= 4 is 78.5 Å². The summed E-state index contributed by atoms with van der Waals surface area (Å²) in [5, 5.41) is 8.48. The average molecular weight is 667 g/mol. The molecule has 0 spiro atoms. The van der Waals surface area contributed by atoms with E-state index in [1.807, 2.05) is 0 Å². The third kappa shape index (κ3) is 4.13. The van der Waals surface area contributed by atoms with Crippen LogP contribution in [0, 0.1) is 69.2 Å². The van der Waals surface area contributed by atoms with Gasteiger partial charge in [0, 0.05) is 0 Å². The van der Waals surface area contributed by atoms with Gasteiger partial charge in [-0.05, 0) is 124 Å². The fourth-order valence-electron chi connectivity index (χ4n) is 11.4. The van der Waals surface area contributed by atoms with Crippen LogP contribution in [0.2, 0.25) is 0 Å². The maximum atomic E-state index is 2.59. The van der Waals surface area contributed by atoms with E-state index in [9.17, 15) is 0 Å². The molecule has 2 aliphatic rings. The highest BCUT2D eigenvalue weighted by atomic mass is 14.3. The number of benzene rings is 8. The topological polar surface area (TPSA) is 0 Å². The van der Waals surface area contributed by atoms with Crippen molar-refractivity contribution in [3.63, 3.8) is 0 Å². The minimum absolute atomic E-state index is 0.168. The Morgan fingerprint density at radius 2 is 0.596 bits per heavy atom. The third-order valence-corrected chi connectivity index (χ3v) is 12.8. The lowest BCUT2D eigenvalue weighted by molar-refractivity contribution is 1.35. The smallest absolute Gasteiger partial charge is 0.0629 e. The predicted octanol–water partition coefficient (Wildman–Crippen LogP) is 8.66. The molecule has 8 aromatic carbocycles. The van der Waals surface area contributed by atoms with E-state index in [2.05, 4.69) is 154 Å². The van der Waals surface area contributed by atoms with Gasteiger partial charge in [-0.15, -0.1) is 0 Å². The van der Waals surface area contributed by atoms with E-state index in [1.165, 1.54) is 143 Å². The summed E-state index contributed by atoms with van der Waals surface area (Å²) in [4.78, 5) is 0. The van der Waals surface area contributed by atoms with Gasteiger partial charge in [-0.3, -0.25) is 0 Å². The Morgan fingerprint density at radius 3 is 0.942 bits per heavy atom. The van der Waals surface area contributed by atoms with E-state index in [4.69, 9.17) is 0 Å². The van der Waals surface area contributed by atoms with E-state index in [0.29, 0.717) is 0 Å². The van der Waals surface area contributed by atoms with Crippen LogP contribution in [0.15, 0.2) is 84.9 Å². The maximum Gasteiger partial charge on any atom is 0.243 e. The fraction of sp³-hybridized carbons (Fsp3) is 0.200. The Morgan fingerprint density at radius 1 is 0.288 bits per heavy atom. The molecule has 0 unspecified atom stereocenters. The lowest BCUT2D eigenvalue weighted by Gasteiger charge is -2.35. The molecule has 250 valence electrons. The number of rotatable bonds is 2. The Balaban J connectivity index is 1.40. The Kier molecular flexibility index (Phi) is 6.53. The second kappa shape index (κ2) is 10.7. The zero-order valence-electron chi connectivity index (χ0n) is 32.2. The number of fused-ring (bicyclic) bond motifs is 4. The molecule has 0 aromatic heterocycles. The summed E-state index contributed by atoms with van der Waals surface area (Å²) in [6.45, 7) is 23.3. The first-order valence-electron chi connectivity index (χ1n) is 19.1. The van der Waals surface area contributed by atoms with E-state index in [-0.39, 0.29) is 13.4 Å². The van der Waals surface area contributed by atoms with Crippen molar-refractivity contribution in [1.82, 2.24) is 0 Å². The van der Waals surface area contributed by atoms with E-state index >= 15 is 0 Å². The van der Waals surface area contributed by atoms with Crippen LogP contribution in [0.25, 0.3) is 54.6 Å². The van der Waals surface area contributed by atoms with Crippen LogP contribution in [-0.2, 0) is 0 Å². The van der Waals surface area contributed by atoms with E-state index < -0.39 is 0 Å². The summed E-state index contributed by atoms with van der Waals surface area (Å²) < 4.78 is 0. The zero-order chi connectivity index (χ0) is 36.1. The number of aryl methyl sites for hydroxylation is 10. The highest BCUT2D eigenvalue weighted by molar-refractivity contribution is 7.01. The van der Waals surface area contributed by atoms with Crippen molar-refractivity contribution in [3.05, 3.63) is 141 Å². The molecule has 2 aliphatic heterocycles. The fourth-order valence-corrected chi connectivity index (χ4v) is 11.4. The molecule has 0 saturated carbocycles. The van der Waals surface area contributed by atoms with Gasteiger partial charge in [-0.2, -0.15) is 0 Å². The predicted molar refractivity (Wildman–Crippen MR) is 231 cm³/mol. The van der Waals surface area contributed by atoms with Crippen LogP contribution >= 0.6 is 0 Å². The summed E-state index contributed by atoms with van der Waals surface area (Å²) in [7, 11) is 0. The highest BCUT2D eigenvalue weighted by Gasteiger charge is 2.39. The van der Waals surface area contributed by atoms with Gasteiger partial charge in [0.25, 0.3) is 0 Å². The minimum atomic E-state index is 0.168. The first kappa shape index (κ1) is 31.6. The minimum Gasteiger partial charge on any atom is -0.0629 e. The molecule has 10 rings (SSSR count). The number of hydrogen-bond acceptors (Lipinski definition) is 0. The van der Waals surface area contributed by atoms with Gasteiger partial charge in [0.15, 0.2) is 0 Å². The highest BCUT2D eigenvalue weighted by Crippen LogP contribution is 2.44. The Bertz CT molecular complexity index is 2660. The summed E-state index contributed by atoms with van der Waals surface area (Å²) in [5.41, 5.74) is 28.0. The molecule has 8 aromatic rings. The second-order valence-electron chi connectivity index (χ2n) is 16.7. The van der Waals surface area contributed by atoms with Crippen molar-refractivity contribution in [1.29, 1.82) is 0 Å². The van der Waals surface area contributed by atoms with Crippen LogP contribution in [0.1, 0.15) is 55.6 Å². The molecule has 0 N–H and O–H groups in total. The quantitative estimate of drug-likeness (QED) is 0.128. The molecule has 0 fully saturated rings. The van der Waals surface area contributed by atoms with Crippen LogP contribution in [0.5, 0.6) is 0 Å². The maximum absolute atomic E-state index is 2.59. The molecule has 0 atom stereocenters. The van der Waals surface area contributed by atoms with Gasteiger partial charge in [0.2, 0.25) is 13.4 Å². The van der Waals surface area contributed by atoms with Crippen LogP contribution in [0.3, 0.4) is 0 Å². The van der Waals surface area contributed by atoms with Crippen molar-refractivity contribution < 1.29 is 0 Å². The van der Waals surface area contributed by atoms with Gasteiger partial charge >= 0.3 is 0 Å². The third-order valence-electron chi connectivity index (χ3n) is 12.8. The molecule has 0 saturated heterocycles. The zero-order valence-corrected chi connectivity index (χ0v) is 32.2. The van der Waals surface area contributed by atoms with E-state index in [1.54, 1.807) is 0 Å². The van der Waals surface area contributed by atoms with E-state index in [0.717, 1.165) is 0 Å². The normalized spacial score (nSPS) is 13.1. The van der Waals surface area contributed by atoms with Crippen molar-refractivity contribution in [2.75, 3.05) is 0 Å². The average Bonchev–Trinajstić information content (AvgIpc) is 3.06. The number of hydrogen-bond donors (Lipinski definition) is 0. The molecule has 52 heavy (non-hydrogen) atoms. The largest absolute Gasteiger partial charge is 0.243 e. The summed E-state index contributed by atoms with van der Waals surface area (Å²) in [6.07, 6.45) is 0. The molecule has 0 bridgehead atoms. The molecule has 0 aliphatic carbocycles. The molecule has 0 nitrogen and oxygen atoms in total. The molecule has 2 heteroatoms. The van der Waals surface area contributed by atoms with Crippen LogP contribution in [-0.4, -0.2) is 13.4 Å². The van der Waals surface area contributed by atoms with Crippen molar-refractivity contribution in [3.8, 4) is 22.3 Å². The lowest BCUT2D eigenvalue weighted by atomic mass is 9.31. The molecule has 0 radical (unpaired) electrons. The summed E-state index contributed by atoms with van der Waals surface area (Å²) in [5.74, 6) is 0. The van der Waals surface area contributed by atoms with Gasteiger partial charge < -0.3 is 0 Å². The standard InChI is InChI=1S/C50H44B2/c1-25-15-29(5)47(30(6)16-25)51-41-23-35-11-14-38-40-22-28(4)20-34(10)50(40)52(48-31(7)17-26(2)18-32(48)8)42-24-36-12-13-37(45(41)43(36)44(35)46(38)42)39-21-27(3)19-33(9)49(39)51/h11-24H,1-10H3. The SMILES string of the molecule is Cc1cc(C)c(B2c3c(C)cc(C)cc3-c3ccc4cc5c6c(ccc7cc2c3c4c76)-c2cc(C)cc(C)c2B5c2c(C)cc(C)cc2C)c(C)c1. The molecule has 2 heterocycles. The molecular weight excluding hydrogens is 622 g/mol. The first-order valence-corrected chi connectivity index (χ1v) is 19.1. The van der Waals surface area contributed by atoms with Gasteiger partial charge in [0.1, 0.15) is 0 Å². The Hall–Kier alpha value is -5.07. The van der Waals surface area contributed by atoms with Gasteiger partial charge in [0.05, 0.1) is 0 Å². The first-order chi connectivity index (χ1) is 24.9. The molecular formula is C50H44B2. The monoisotopic (exact) mass is 666 g/mol. The van der Waals surface area contributed by atoms with Crippen LogP contribution in [0.4, 0.5) is 0 Å². The second-order valence-corrected chi connectivity index (χ2v) is 16.7. The van der Waals surface area contributed by atoms with Crippen LogP contribution < -0.4 is 32.8 Å². The molecule has 0 amide bonds. The van der Waals surface area contributed by atoms with Gasteiger partial charge in [-0.1, -0.05) is 173 Å². The van der Waals surface area contributed by atoms with Gasteiger partial charge in [-0.25, -0.2) is 0 Å². The Labute approximate surface area is 309 Å². The summed E-state index contributed by atoms with van der Waals surface area (Å²) >= 11 is 0. The van der Waals surface area contributed by atoms with Crippen molar-refractivity contribution in [2.45, 2.75) is 69.2 Å². The lowest BCUT2D eigenvalue weighted by Crippen LogP contribution is -2.58.